The van der Waals surface area contributed by atoms with E-state index in [4.69, 9.17) is 4.74 Å². The first-order chi connectivity index (χ1) is 7.48. The molecule has 0 aromatic rings. The van der Waals surface area contributed by atoms with Crippen molar-refractivity contribution in [3.05, 3.63) is 4.91 Å². The quantitative estimate of drug-likeness (QED) is 0.697. The van der Waals surface area contributed by atoms with E-state index in [0.717, 1.165) is 6.42 Å². The van der Waals surface area contributed by atoms with Gasteiger partial charge < -0.3 is 9.64 Å². The number of likely N-dealkylation sites (tertiary alicyclic amines) is 1. The van der Waals surface area contributed by atoms with Crippen molar-refractivity contribution in [1.29, 1.82) is 0 Å². The fourth-order valence-corrected chi connectivity index (χ4v) is 1.53. The van der Waals surface area contributed by atoms with Crippen LogP contribution in [0.1, 0.15) is 40.0 Å². The van der Waals surface area contributed by atoms with Crippen LogP contribution in [0.2, 0.25) is 0 Å². The molecule has 0 aromatic carbocycles. The van der Waals surface area contributed by atoms with Crippen molar-refractivity contribution >= 4 is 6.09 Å². The lowest BCUT2D eigenvalue weighted by molar-refractivity contribution is 0.00768. The highest BCUT2D eigenvalue weighted by molar-refractivity contribution is 5.68. The zero-order chi connectivity index (χ0) is 12.2. The van der Waals surface area contributed by atoms with Crippen LogP contribution in [0.5, 0.6) is 0 Å². The summed E-state index contributed by atoms with van der Waals surface area (Å²) in [5.41, 5.74) is -0.420. The SMILES string of the molecule is CCC(C)(C)OC(=O)N1CCC(N=O)CC1. The number of amides is 1. The van der Waals surface area contributed by atoms with Gasteiger partial charge in [0.1, 0.15) is 5.60 Å². The van der Waals surface area contributed by atoms with Gasteiger partial charge in [-0.25, -0.2) is 4.79 Å². The molecule has 1 aliphatic rings. The Kier molecular flexibility index (Phi) is 4.26. The summed E-state index contributed by atoms with van der Waals surface area (Å²) >= 11 is 0. The predicted octanol–water partition coefficient (Wildman–Crippen LogP) is 2.54. The molecule has 0 spiro atoms. The van der Waals surface area contributed by atoms with Crippen molar-refractivity contribution in [2.24, 2.45) is 5.18 Å². The Morgan fingerprint density at radius 2 is 2.00 bits per heavy atom. The molecule has 5 nitrogen and oxygen atoms in total. The van der Waals surface area contributed by atoms with Crippen LogP contribution in [0.3, 0.4) is 0 Å². The maximum Gasteiger partial charge on any atom is 0.410 e. The number of rotatable bonds is 3. The third-order valence-corrected chi connectivity index (χ3v) is 3.09. The van der Waals surface area contributed by atoms with Gasteiger partial charge in [-0.2, -0.15) is 4.91 Å². The molecule has 1 amide bonds. The molecule has 0 aromatic heterocycles. The number of carbonyl (C=O) groups excluding carboxylic acids is 1. The van der Waals surface area contributed by atoms with Crippen LogP contribution in [0, 0.1) is 4.91 Å². The fraction of sp³-hybridized carbons (Fsp3) is 0.909. The van der Waals surface area contributed by atoms with E-state index in [-0.39, 0.29) is 12.1 Å². The molecule has 0 unspecified atom stereocenters. The average Bonchev–Trinajstić information content (AvgIpc) is 2.28. The van der Waals surface area contributed by atoms with E-state index in [1.165, 1.54) is 0 Å². The molecule has 16 heavy (non-hydrogen) atoms. The Morgan fingerprint density at radius 1 is 1.44 bits per heavy atom. The molecule has 1 rings (SSSR count). The Balaban J connectivity index is 2.42. The lowest BCUT2D eigenvalue weighted by Crippen LogP contribution is -2.43. The van der Waals surface area contributed by atoms with Crippen LogP contribution in [0.25, 0.3) is 0 Å². The van der Waals surface area contributed by atoms with E-state index >= 15 is 0 Å². The molecule has 0 atom stereocenters. The third-order valence-electron chi connectivity index (χ3n) is 3.09. The van der Waals surface area contributed by atoms with Crippen molar-refractivity contribution in [2.45, 2.75) is 51.7 Å². The van der Waals surface area contributed by atoms with Crippen LogP contribution in [-0.4, -0.2) is 35.7 Å². The second kappa shape index (κ2) is 5.27. The van der Waals surface area contributed by atoms with E-state index in [0.29, 0.717) is 25.9 Å². The highest BCUT2D eigenvalue weighted by Crippen LogP contribution is 2.19. The number of hydrogen-bond acceptors (Lipinski definition) is 4. The van der Waals surface area contributed by atoms with Crippen LogP contribution < -0.4 is 0 Å². The molecule has 1 aliphatic heterocycles. The molecule has 0 radical (unpaired) electrons. The Hall–Kier alpha value is -1.13. The summed E-state index contributed by atoms with van der Waals surface area (Å²) < 4.78 is 5.37. The van der Waals surface area contributed by atoms with Gasteiger partial charge in [-0.05, 0) is 33.1 Å². The van der Waals surface area contributed by atoms with Gasteiger partial charge in [-0.1, -0.05) is 12.1 Å². The van der Waals surface area contributed by atoms with E-state index in [2.05, 4.69) is 5.18 Å². The summed E-state index contributed by atoms with van der Waals surface area (Å²) in [6, 6.07) is -0.136. The molecule has 0 saturated carbocycles. The third kappa shape index (κ3) is 3.47. The molecule has 92 valence electrons. The molecule has 1 heterocycles. The van der Waals surface area contributed by atoms with E-state index in [1.807, 2.05) is 20.8 Å². The Morgan fingerprint density at radius 3 is 2.44 bits per heavy atom. The molecule has 0 N–H and O–H groups in total. The van der Waals surface area contributed by atoms with Gasteiger partial charge in [-0.15, -0.1) is 0 Å². The van der Waals surface area contributed by atoms with Crippen LogP contribution >= 0.6 is 0 Å². The summed E-state index contributed by atoms with van der Waals surface area (Å²) in [6.07, 6.45) is 1.79. The number of hydrogen-bond donors (Lipinski definition) is 0. The minimum Gasteiger partial charge on any atom is -0.443 e. The van der Waals surface area contributed by atoms with Gasteiger partial charge >= 0.3 is 6.09 Å². The average molecular weight is 228 g/mol. The molecular weight excluding hydrogens is 208 g/mol. The first-order valence-electron chi connectivity index (χ1n) is 5.79. The topological polar surface area (TPSA) is 59.0 Å². The number of ether oxygens (including phenoxy) is 1. The normalized spacial score (nSPS) is 18.3. The zero-order valence-electron chi connectivity index (χ0n) is 10.2. The van der Waals surface area contributed by atoms with Crippen molar-refractivity contribution < 1.29 is 9.53 Å². The van der Waals surface area contributed by atoms with Crippen LogP contribution in [0.4, 0.5) is 4.79 Å². The lowest BCUT2D eigenvalue weighted by Gasteiger charge is -2.32. The molecule has 5 heteroatoms. The standard InChI is InChI=1S/C11H20N2O3/c1-4-11(2,3)16-10(14)13-7-5-9(12-15)6-8-13/h9H,4-8H2,1-3H3. The van der Waals surface area contributed by atoms with Crippen molar-refractivity contribution in [2.75, 3.05) is 13.1 Å². The second-order valence-electron chi connectivity index (χ2n) is 4.80. The van der Waals surface area contributed by atoms with Crippen molar-refractivity contribution in [1.82, 2.24) is 4.90 Å². The van der Waals surface area contributed by atoms with E-state index in [9.17, 15) is 9.70 Å². The summed E-state index contributed by atoms with van der Waals surface area (Å²) in [4.78, 5) is 23.7. The van der Waals surface area contributed by atoms with Gasteiger partial charge in [0.2, 0.25) is 0 Å². The molecule has 1 saturated heterocycles. The zero-order valence-corrected chi connectivity index (χ0v) is 10.2. The number of carbonyl (C=O) groups is 1. The number of nitroso groups, excluding NO2 is 1. The highest BCUT2D eigenvalue weighted by Gasteiger charge is 2.28. The smallest absolute Gasteiger partial charge is 0.410 e. The molecule has 1 fully saturated rings. The maximum atomic E-state index is 11.8. The Labute approximate surface area is 96.1 Å². The molecular formula is C11H20N2O3. The van der Waals surface area contributed by atoms with Gasteiger partial charge in [-0.3, -0.25) is 0 Å². The van der Waals surface area contributed by atoms with Crippen LogP contribution in [-0.2, 0) is 4.74 Å². The first-order valence-corrected chi connectivity index (χ1v) is 5.79. The van der Waals surface area contributed by atoms with Crippen molar-refractivity contribution in [3.8, 4) is 0 Å². The van der Waals surface area contributed by atoms with E-state index < -0.39 is 5.60 Å². The summed E-state index contributed by atoms with van der Waals surface area (Å²) in [6.45, 7) is 6.90. The lowest BCUT2D eigenvalue weighted by atomic mass is 10.1. The Bertz CT molecular complexity index is 258. The van der Waals surface area contributed by atoms with Gasteiger partial charge in [0, 0.05) is 13.1 Å². The van der Waals surface area contributed by atoms with Gasteiger partial charge in [0.25, 0.3) is 0 Å². The molecule has 0 aliphatic carbocycles. The van der Waals surface area contributed by atoms with Crippen molar-refractivity contribution in [3.63, 3.8) is 0 Å². The first kappa shape index (κ1) is 12.9. The van der Waals surface area contributed by atoms with Crippen LogP contribution in [0.15, 0.2) is 5.18 Å². The van der Waals surface area contributed by atoms with Gasteiger partial charge in [0.05, 0.1) is 6.04 Å². The summed E-state index contributed by atoms with van der Waals surface area (Å²) in [5, 5.41) is 3.00. The number of piperidine rings is 1. The second-order valence-corrected chi connectivity index (χ2v) is 4.80. The number of nitrogens with zero attached hydrogens (tertiary/aromatic N) is 2. The van der Waals surface area contributed by atoms with Gasteiger partial charge in [0.15, 0.2) is 0 Å². The molecule has 0 bridgehead atoms. The highest BCUT2D eigenvalue weighted by atomic mass is 16.6. The summed E-state index contributed by atoms with van der Waals surface area (Å²) in [5.74, 6) is 0. The fourth-order valence-electron chi connectivity index (χ4n) is 1.53. The largest absolute Gasteiger partial charge is 0.443 e. The monoisotopic (exact) mass is 228 g/mol. The summed E-state index contributed by atoms with van der Waals surface area (Å²) in [7, 11) is 0. The minimum absolute atomic E-state index is 0.136. The predicted molar refractivity (Wildman–Crippen MR) is 61.2 cm³/mol. The van der Waals surface area contributed by atoms with E-state index in [1.54, 1.807) is 4.90 Å². The minimum atomic E-state index is -0.420. The maximum absolute atomic E-state index is 11.8.